The van der Waals surface area contributed by atoms with Crippen molar-refractivity contribution in [3.8, 4) is 0 Å². The second-order valence-electron chi connectivity index (χ2n) is 5.59. The molecule has 2 saturated heterocycles. The van der Waals surface area contributed by atoms with Crippen molar-refractivity contribution in [3.63, 3.8) is 0 Å². The van der Waals surface area contributed by atoms with Crippen molar-refractivity contribution in [1.82, 2.24) is 0 Å². The highest BCUT2D eigenvalue weighted by atomic mass is 16.7. The Labute approximate surface area is 103 Å². The number of rotatable bonds is 5. The summed E-state index contributed by atoms with van der Waals surface area (Å²) in [6, 6.07) is 0. The molecule has 2 unspecified atom stereocenters. The molecule has 0 aromatic rings. The number of cyclic esters (lactones) is 1. The van der Waals surface area contributed by atoms with E-state index in [2.05, 4.69) is 13.8 Å². The third-order valence-electron chi connectivity index (χ3n) is 3.69. The summed E-state index contributed by atoms with van der Waals surface area (Å²) in [5, 5.41) is 0. The molecule has 0 bridgehead atoms. The first-order valence-electron chi connectivity index (χ1n) is 6.50. The first-order chi connectivity index (χ1) is 8.08. The molecule has 0 saturated carbocycles. The van der Waals surface area contributed by atoms with Gasteiger partial charge < -0.3 is 14.2 Å². The topological polar surface area (TPSA) is 44.8 Å². The van der Waals surface area contributed by atoms with Crippen LogP contribution >= 0.6 is 0 Å². The first-order valence-corrected chi connectivity index (χ1v) is 6.50. The molecule has 0 aromatic carbocycles. The van der Waals surface area contributed by atoms with E-state index in [0.717, 1.165) is 25.9 Å². The Morgan fingerprint density at radius 1 is 1.41 bits per heavy atom. The Hall–Kier alpha value is -0.610. The van der Waals surface area contributed by atoms with Crippen molar-refractivity contribution in [2.24, 2.45) is 5.41 Å². The van der Waals surface area contributed by atoms with Crippen molar-refractivity contribution >= 4 is 5.97 Å². The summed E-state index contributed by atoms with van der Waals surface area (Å²) >= 11 is 0. The maximum atomic E-state index is 10.8. The van der Waals surface area contributed by atoms with E-state index in [1.165, 1.54) is 6.42 Å². The predicted octanol–water partition coefficient (Wildman–Crippen LogP) is 2.26. The summed E-state index contributed by atoms with van der Waals surface area (Å²) in [7, 11) is 0. The van der Waals surface area contributed by atoms with Gasteiger partial charge in [-0.3, -0.25) is 4.79 Å². The van der Waals surface area contributed by atoms with Crippen LogP contribution in [0.3, 0.4) is 0 Å². The average molecular weight is 242 g/mol. The van der Waals surface area contributed by atoms with Crippen LogP contribution in [-0.2, 0) is 19.0 Å². The van der Waals surface area contributed by atoms with Crippen LogP contribution in [0.5, 0.6) is 0 Å². The molecule has 2 aliphatic rings. The number of ether oxygens (including phenoxy) is 3. The van der Waals surface area contributed by atoms with Crippen molar-refractivity contribution in [2.45, 2.75) is 58.3 Å². The van der Waals surface area contributed by atoms with E-state index in [4.69, 9.17) is 14.2 Å². The van der Waals surface area contributed by atoms with E-state index in [-0.39, 0.29) is 23.8 Å². The zero-order chi connectivity index (χ0) is 12.3. The lowest BCUT2D eigenvalue weighted by atomic mass is 9.80. The van der Waals surface area contributed by atoms with Crippen molar-refractivity contribution in [2.75, 3.05) is 13.2 Å². The Morgan fingerprint density at radius 2 is 2.18 bits per heavy atom. The largest absolute Gasteiger partial charge is 0.461 e. The summed E-state index contributed by atoms with van der Waals surface area (Å²) in [6.45, 7) is 5.73. The second-order valence-corrected chi connectivity index (χ2v) is 5.59. The third kappa shape index (κ3) is 3.42. The lowest BCUT2D eigenvalue weighted by molar-refractivity contribution is -0.189. The quantitative estimate of drug-likeness (QED) is 0.694. The zero-order valence-electron chi connectivity index (χ0n) is 10.7. The fourth-order valence-corrected chi connectivity index (χ4v) is 2.19. The molecular formula is C13H22O4. The van der Waals surface area contributed by atoms with Gasteiger partial charge in [-0.05, 0) is 25.7 Å². The highest BCUT2D eigenvalue weighted by Crippen LogP contribution is 2.35. The van der Waals surface area contributed by atoms with Crippen LogP contribution in [0.15, 0.2) is 0 Å². The number of hydrogen-bond acceptors (Lipinski definition) is 4. The Kier molecular flexibility index (Phi) is 4.05. The lowest BCUT2D eigenvalue weighted by Gasteiger charge is -2.39. The van der Waals surface area contributed by atoms with Crippen LogP contribution in [0.1, 0.15) is 46.0 Å². The van der Waals surface area contributed by atoms with E-state index >= 15 is 0 Å². The molecule has 2 rings (SSSR count). The van der Waals surface area contributed by atoms with Gasteiger partial charge in [0.15, 0.2) is 6.29 Å². The van der Waals surface area contributed by atoms with Crippen molar-refractivity contribution in [3.05, 3.63) is 0 Å². The van der Waals surface area contributed by atoms with Gasteiger partial charge in [-0.25, -0.2) is 0 Å². The molecule has 2 atom stereocenters. The Bertz CT molecular complexity index is 261. The summed E-state index contributed by atoms with van der Waals surface area (Å²) in [4.78, 5) is 10.8. The second kappa shape index (κ2) is 5.36. The van der Waals surface area contributed by atoms with E-state index in [0.29, 0.717) is 13.0 Å². The molecule has 2 aliphatic heterocycles. The molecule has 4 nitrogen and oxygen atoms in total. The van der Waals surface area contributed by atoms with E-state index in [1.807, 2.05) is 0 Å². The summed E-state index contributed by atoms with van der Waals surface area (Å²) in [5.41, 5.74) is 0.00256. The molecule has 0 aromatic heterocycles. The number of esters is 1. The van der Waals surface area contributed by atoms with E-state index in [1.54, 1.807) is 0 Å². The SMILES string of the molecule is CC(C)(CCOC1CCCCO1)C1CC(=O)O1. The van der Waals surface area contributed by atoms with Gasteiger partial charge in [0.25, 0.3) is 0 Å². The van der Waals surface area contributed by atoms with Gasteiger partial charge in [-0.15, -0.1) is 0 Å². The van der Waals surface area contributed by atoms with Crippen LogP contribution in [0.4, 0.5) is 0 Å². The van der Waals surface area contributed by atoms with Gasteiger partial charge in [0.2, 0.25) is 0 Å². The first kappa shape index (κ1) is 12.8. The minimum absolute atomic E-state index is 0.00256. The molecule has 0 spiro atoms. The number of hydrogen-bond donors (Lipinski definition) is 0. The maximum Gasteiger partial charge on any atom is 0.309 e. The molecule has 2 heterocycles. The number of carbonyl (C=O) groups excluding carboxylic acids is 1. The molecule has 4 heteroatoms. The molecule has 0 N–H and O–H groups in total. The maximum absolute atomic E-state index is 10.8. The van der Waals surface area contributed by atoms with Gasteiger partial charge in [0.05, 0.1) is 13.0 Å². The monoisotopic (exact) mass is 242 g/mol. The van der Waals surface area contributed by atoms with Gasteiger partial charge in [0, 0.05) is 12.0 Å². The molecule has 0 aliphatic carbocycles. The molecular weight excluding hydrogens is 220 g/mol. The highest BCUT2D eigenvalue weighted by Gasteiger charge is 2.41. The fraction of sp³-hybridized carbons (Fsp3) is 0.923. The Balaban J connectivity index is 1.64. The highest BCUT2D eigenvalue weighted by molar-refractivity contribution is 5.75. The van der Waals surface area contributed by atoms with E-state index < -0.39 is 0 Å². The molecule has 0 radical (unpaired) electrons. The fourth-order valence-electron chi connectivity index (χ4n) is 2.19. The van der Waals surface area contributed by atoms with Gasteiger partial charge in [0.1, 0.15) is 6.10 Å². The normalized spacial score (nSPS) is 29.6. The van der Waals surface area contributed by atoms with Gasteiger partial charge in [-0.1, -0.05) is 13.8 Å². The van der Waals surface area contributed by atoms with Crippen molar-refractivity contribution < 1.29 is 19.0 Å². The molecule has 17 heavy (non-hydrogen) atoms. The lowest BCUT2D eigenvalue weighted by Crippen LogP contribution is -2.44. The van der Waals surface area contributed by atoms with Gasteiger partial charge >= 0.3 is 5.97 Å². The van der Waals surface area contributed by atoms with Crippen molar-refractivity contribution in [1.29, 1.82) is 0 Å². The minimum atomic E-state index is -0.0837. The van der Waals surface area contributed by atoms with Crippen LogP contribution in [-0.4, -0.2) is 31.6 Å². The predicted molar refractivity (Wildman–Crippen MR) is 62.4 cm³/mol. The van der Waals surface area contributed by atoms with Gasteiger partial charge in [-0.2, -0.15) is 0 Å². The zero-order valence-corrected chi connectivity index (χ0v) is 10.7. The number of carbonyl (C=O) groups is 1. The Morgan fingerprint density at radius 3 is 2.76 bits per heavy atom. The molecule has 98 valence electrons. The van der Waals surface area contributed by atoms with Crippen LogP contribution in [0, 0.1) is 5.41 Å². The summed E-state index contributed by atoms with van der Waals surface area (Å²) < 4.78 is 16.3. The smallest absolute Gasteiger partial charge is 0.309 e. The minimum Gasteiger partial charge on any atom is -0.461 e. The molecule has 0 amide bonds. The standard InChI is InChI=1S/C13H22O4/c1-13(2,10-9-11(14)17-10)6-8-16-12-5-3-4-7-15-12/h10,12H,3-9H2,1-2H3. The third-order valence-corrected chi connectivity index (χ3v) is 3.69. The van der Waals surface area contributed by atoms with E-state index in [9.17, 15) is 4.79 Å². The molecule has 2 fully saturated rings. The average Bonchev–Trinajstić information content (AvgIpc) is 2.26. The summed E-state index contributed by atoms with van der Waals surface area (Å²) in [6.07, 6.45) is 4.81. The summed E-state index contributed by atoms with van der Waals surface area (Å²) in [5.74, 6) is -0.0837. The van der Waals surface area contributed by atoms with Crippen LogP contribution < -0.4 is 0 Å². The van der Waals surface area contributed by atoms with Crippen LogP contribution in [0.25, 0.3) is 0 Å². The van der Waals surface area contributed by atoms with Crippen LogP contribution in [0.2, 0.25) is 0 Å².